The van der Waals surface area contributed by atoms with Crippen LogP contribution in [0, 0.1) is 34.0 Å². The molecule has 0 heterocycles. The lowest BCUT2D eigenvalue weighted by atomic mass is 9.41. The maximum Gasteiger partial charge on any atom is 0.178 e. The van der Waals surface area contributed by atoms with Gasteiger partial charge >= 0.3 is 0 Å². The van der Waals surface area contributed by atoms with Gasteiger partial charge < -0.3 is 0 Å². The van der Waals surface area contributed by atoms with Crippen molar-refractivity contribution < 1.29 is 9.50 Å². The van der Waals surface area contributed by atoms with Gasteiger partial charge in [-0.1, -0.05) is 44.6 Å². The summed E-state index contributed by atoms with van der Waals surface area (Å²) in [5.41, 5.74) is 3.73. The van der Waals surface area contributed by atoms with Crippen LogP contribution in [0.3, 0.4) is 0 Å². The molecule has 0 spiro atoms. The Labute approximate surface area is 152 Å². The van der Waals surface area contributed by atoms with Crippen molar-refractivity contribution in [1.82, 2.24) is 0 Å². The number of rotatable bonds is 1. The van der Waals surface area contributed by atoms with Gasteiger partial charge in [-0.3, -0.25) is 9.50 Å². The Bertz CT molecular complexity index is 674. The number of halogens is 1. The van der Waals surface area contributed by atoms with Gasteiger partial charge in [0.05, 0.1) is 0 Å². The third-order valence-electron chi connectivity index (χ3n) is 8.75. The first kappa shape index (κ1) is 18.6. The van der Waals surface area contributed by atoms with Crippen molar-refractivity contribution in [2.24, 2.45) is 34.0 Å². The van der Waals surface area contributed by atoms with E-state index in [9.17, 15) is 4.79 Å². The van der Waals surface area contributed by atoms with Crippen molar-refractivity contribution >= 4 is 5.78 Å². The molecule has 6 atom stereocenters. The SMILES string of the molecule is C=C(C)C1CCC2C1(C)CCC1C3(C)C=CC(=O)C=C3CCC12C.F. The molecule has 0 saturated heterocycles. The Morgan fingerprint density at radius 1 is 1.08 bits per heavy atom. The monoisotopic (exact) mass is 344 g/mol. The Kier molecular flexibility index (Phi) is 4.21. The molecule has 0 amide bonds. The van der Waals surface area contributed by atoms with Crippen molar-refractivity contribution in [3.05, 3.63) is 36.0 Å². The van der Waals surface area contributed by atoms with Crippen LogP contribution in [0.5, 0.6) is 0 Å². The number of fused-ring (bicyclic) bond motifs is 5. The standard InChI is InChI=1S/C23H32O.FH/c1-15(2)18-6-7-19-22(18,4)13-10-20-21(3)12-9-17(24)14-16(21)8-11-23(19,20)5;/h9,12,14,18-20H,1,6-8,10-11,13H2,2-5H3;1H. The molecule has 0 aliphatic heterocycles. The normalized spacial score (nSPS) is 47.9. The van der Waals surface area contributed by atoms with Crippen LogP contribution < -0.4 is 0 Å². The van der Waals surface area contributed by atoms with Gasteiger partial charge in [-0.05, 0) is 86.2 Å². The molecule has 0 N–H and O–H groups in total. The molecule has 3 saturated carbocycles. The first-order chi connectivity index (χ1) is 11.2. The lowest BCUT2D eigenvalue weighted by molar-refractivity contribution is -0.112. The molecule has 0 aromatic heterocycles. The van der Waals surface area contributed by atoms with Crippen molar-refractivity contribution in [3.8, 4) is 0 Å². The van der Waals surface area contributed by atoms with Crippen molar-refractivity contribution in [2.45, 2.75) is 66.2 Å². The lowest BCUT2D eigenvalue weighted by Gasteiger charge is -2.63. The number of hydrogen-bond donors (Lipinski definition) is 0. The quantitative estimate of drug-likeness (QED) is 0.531. The van der Waals surface area contributed by atoms with Crippen LogP contribution in [-0.2, 0) is 4.79 Å². The summed E-state index contributed by atoms with van der Waals surface area (Å²) in [6, 6.07) is 0. The number of allylic oxidation sites excluding steroid dienone is 5. The van der Waals surface area contributed by atoms with Crippen LogP contribution in [0.15, 0.2) is 36.0 Å². The molecule has 0 aromatic carbocycles. The molecule has 2 heteroatoms. The summed E-state index contributed by atoms with van der Waals surface area (Å²) in [5, 5.41) is 0. The van der Waals surface area contributed by atoms with E-state index >= 15 is 0 Å². The minimum absolute atomic E-state index is 0. The van der Waals surface area contributed by atoms with E-state index in [0.717, 1.165) is 12.3 Å². The summed E-state index contributed by atoms with van der Waals surface area (Å²) in [6.07, 6.45) is 13.7. The molecule has 4 rings (SSSR count). The predicted molar refractivity (Wildman–Crippen MR) is 102 cm³/mol. The summed E-state index contributed by atoms with van der Waals surface area (Å²) in [5.74, 6) is 2.37. The van der Waals surface area contributed by atoms with Gasteiger partial charge in [-0.15, -0.1) is 0 Å². The van der Waals surface area contributed by atoms with Crippen LogP contribution in [0.25, 0.3) is 0 Å². The second kappa shape index (κ2) is 5.66. The number of ketones is 1. The molecule has 0 bridgehead atoms. The minimum Gasteiger partial charge on any atom is -0.290 e. The highest BCUT2D eigenvalue weighted by Gasteiger charge is 2.63. The third-order valence-corrected chi connectivity index (χ3v) is 8.75. The van der Waals surface area contributed by atoms with Crippen LogP contribution in [-0.4, -0.2) is 5.78 Å². The lowest BCUT2D eigenvalue weighted by Crippen LogP contribution is -2.55. The van der Waals surface area contributed by atoms with Gasteiger partial charge in [0, 0.05) is 5.41 Å². The largest absolute Gasteiger partial charge is 0.290 e. The van der Waals surface area contributed by atoms with Crippen molar-refractivity contribution in [3.63, 3.8) is 0 Å². The van der Waals surface area contributed by atoms with E-state index in [1.165, 1.54) is 43.3 Å². The maximum atomic E-state index is 11.9. The fourth-order valence-corrected chi connectivity index (χ4v) is 7.66. The Morgan fingerprint density at radius 2 is 1.80 bits per heavy atom. The predicted octanol–water partition coefficient (Wildman–Crippen LogP) is 6.03. The van der Waals surface area contributed by atoms with Crippen LogP contribution in [0.4, 0.5) is 4.70 Å². The molecule has 4 aliphatic carbocycles. The van der Waals surface area contributed by atoms with E-state index < -0.39 is 0 Å². The average Bonchev–Trinajstić information content (AvgIpc) is 2.87. The smallest absolute Gasteiger partial charge is 0.178 e. The fourth-order valence-electron chi connectivity index (χ4n) is 7.66. The zero-order valence-electron chi connectivity index (χ0n) is 16.2. The van der Waals surface area contributed by atoms with E-state index in [0.29, 0.717) is 22.7 Å². The molecular formula is C23H33FO. The first-order valence-corrected chi connectivity index (χ1v) is 9.81. The Hall–Kier alpha value is -1.18. The second-order valence-corrected chi connectivity index (χ2v) is 9.82. The molecule has 4 aliphatic rings. The van der Waals surface area contributed by atoms with Gasteiger partial charge in [0.2, 0.25) is 0 Å². The Balaban J connectivity index is 0.00000182. The van der Waals surface area contributed by atoms with Crippen LogP contribution in [0.2, 0.25) is 0 Å². The van der Waals surface area contributed by atoms with Gasteiger partial charge in [-0.25, -0.2) is 0 Å². The van der Waals surface area contributed by atoms with E-state index in [1.54, 1.807) is 0 Å². The maximum absolute atomic E-state index is 11.9. The third kappa shape index (κ3) is 2.28. The summed E-state index contributed by atoms with van der Waals surface area (Å²) in [6.45, 7) is 14.1. The van der Waals surface area contributed by atoms with Crippen LogP contribution >= 0.6 is 0 Å². The van der Waals surface area contributed by atoms with Gasteiger partial charge in [0.25, 0.3) is 0 Å². The number of carbonyl (C=O) groups is 1. The van der Waals surface area contributed by atoms with Crippen LogP contribution in [0.1, 0.15) is 66.2 Å². The first-order valence-electron chi connectivity index (χ1n) is 9.81. The Morgan fingerprint density at radius 3 is 2.48 bits per heavy atom. The highest BCUT2D eigenvalue weighted by Crippen LogP contribution is 2.71. The van der Waals surface area contributed by atoms with Gasteiger partial charge in [-0.2, -0.15) is 0 Å². The highest BCUT2D eigenvalue weighted by molar-refractivity contribution is 6.01. The molecule has 3 fully saturated rings. The van der Waals surface area contributed by atoms with E-state index in [2.05, 4.69) is 40.3 Å². The molecular weight excluding hydrogens is 311 g/mol. The molecule has 1 nitrogen and oxygen atoms in total. The molecule has 0 radical (unpaired) electrons. The zero-order chi connectivity index (χ0) is 17.3. The second-order valence-electron chi connectivity index (χ2n) is 9.82. The fraction of sp³-hybridized carbons (Fsp3) is 0.696. The molecule has 138 valence electrons. The van der Waals surface area contributed by atoms with Crippen molar-refractivity contribution in [1.29, 1.82) is 0 Å². The minimum atomic E-state index is 0. The number of carbonyl (C=O) groups excluding carboxylic acids is 1. The summed E-state index contributed by atoms with van der Waals surface area (Å²) < 4.78 is 0. The van der Waals surface area contributed by atoms with Gasteiger partial charge in [0.1, 0.15) is 0 Å². The zero-order valence-corrected chi connectivity index (χ0v) is 16.2. The summed E-state index contributed by atoms with van der Waals surface area (Å²) >= 11 is 0. The molecule has 25 heavy (non-hydrogen) atoms. The highest BCUT2D eigenvalue weighted by atomic mass is 19.0. The summed E-state index contributed by atoms with van der Waals surface area (Å²) in [7, 11) is 0. The van der Waals surface area contributed by atoms with E-state index in [-0.39, 0.29) is 15.9 Å². The van der Waals surface area contributed by atoms with E-state index in [4.69, 9.17) is 0 Å². The van der Waals surface area contributed by atoms with Gasteiger partial charge in [0.15, 0.2) is 5.78 Å². The molecule has 6 unspecified atom stereocenters. The van der Waals surface area contributed by atoms with Crippen molar-refractivity contribution in [2.75, 3.05) is 0 Å². The topological polar surface area (TPSA) is 17.1 Å². The van der Waals surface area contributed by atoms with E-state index in [1.807, 2.05) is 12.2 Å². The number of hydrogen-bond acceptors (Lipinski definition) is 1. The average molecular weight is 345 g/mol. The molecule has 0 aromatic rings. The summed E-state index contributed by atoms with van der Waals surface area (Å²) in [4.78, 5) is 11.9.